The van der Waals surface area contributed by atoms with Crippen LogP contribution in [0, 0.1) is 11.3 Å². The van der Waals surface area contributed by atoms with Crippen molar-refractivity contribution in [1.82, 2.24) is 20.0 Å². The summed E-state index contributed by atoms with van der Waals surface area (Å²) in [6.07, 6.45) is 0. The number of carbonyl (C=O) groups excluding carboxylic acids is 3. The third kappa shape index (κ3) is 3.95. The molecule has 2 aliphatic rings. The van der Waals surface area contributed by atoms with E-state index in [0.29, 0.717) is 18.7 Å². The molecule has 0 aromatic heterocycles. The molecule has 8 heteroatoms. The highest BCUT2D eigenvalue weighted by atomic mass is 16.2. The lowest BCUT2D eigenvalue weighted by molar-refractivity contribution is -0.137. The molecule has 0 radical (unpaired) electrons. The van der Waals surface area contributed by atoms with Gasteiger partial charge in [0.25, 0.3) is 5.91 Å². The second-order valence-electron chi connectivity index (χ2n) is 6.10. The Kier molecular flexibility index (Phi) is 4.95. The largest absolute Gasteiger partial charge is 0.339 e. The monoisotopic (exact) mass is 341 g/mol. The number of piperazine rings is 1. The van der Waals surface area contributed by atoms with Gasteiger partial charge >= 0.3 is 6.03 Å². The second kappa shape index (κ2) is 7.32. The van der Waals surface area contributed by atoms with E-state index in [1.165, 1.54) is 0 Å². The van der Waals surface area contributed by atoms with E-state index in [9.17, 15) is 14.4 Å². The Morgan fingerprint density at radius 2 is 1.80 bits per heavy atom. The minimum absolute atomic E-state index is 0.0372. The van der Waals surface area contributed by atoms with Gasteiger partial charge in [-0.15, -0.1) is 0 Å². The van der Waals surface area contributed by atoms with Gasteiger partial charge in [-0.25, -0.2) is 4.79 Å². The molecule has 25 heavy (non-hydrogen) atoms. The molecule has 0 saturated carbocycles. The van der Waals surface area contributed by atoms with Crippen LogP contribution in [-0.2, 0) is 16.1 Å². The van der Waals surface area contributed by atoms with E-state index >= 15 is 0 Å². The molecule has 1 N–H and O–H groups in total. The molecule has 1 aromatic rings. The van der Waals surface area contributed by atoms with Crippen LogP contribution < -0.4 is 5.32 Å². The first-order valence-corrected chi connectivity index (χ1v) is 8.14. The standard InChI is InChI=1S/C17H19N5O3/c18-9-13-1-3-14(4-2-13)11-20-5-7-21(8-6-20)16(24)12-22-15(23)10-19-17(22)25/h1-4H,5-8,10-12H2,(H,19,25). The molecule has 0 bridgehead atoms. The minimum Gasteiger partial charge on any atom is -0.339 e. The van der Waals surface area contributed by atoms with Crippen molar-refractivity contribution >= 4 is 17.8 Å². The van der Waals surface area contributed by atoms with Gasteiger partial charge in [-0.2, -0.15) is 5.26 Å². The van der Waals surface area contributed by atoms with Gasteiger partial charge in [0.2, 0.25) is 5.91 Å². The van der Waals surface area contributed by atoms with Crippen LogP contribution in [0.4, 0.5) is 4.79 Å². The van der Waals surface area contributed by atoms with Crippen molar-refractivity contribution in [3.63, 3.8) is 0 Å². The smallest absolute Gasteiger partial charge is 0.325 e. The van der Waals surface area contributed by atoms with E-state index in [-0.39, 0.29) is 24.9 Å². The van der Waals surface area contributed by atoms with Crippen LogP contribution in [0.5, 0.6) is 0 Å². The Morgan fingerprint density at radius 1 is 1.12 bits per heavy atom. The number of urea groups is 1. The first-order chi connectivity index (χ1) is 12.1. The molecule has 2 fully saturated rings. The van der Waals surface area contributed by atoms with Crippen molar-refractivity contribution in [1.29, 1.82) is 5.26 Å². The van der Waals surface area contributed by atoms with Crippen LogP contribution in [0.25, 0.3) is 0 Å². The Morgan fingerprint density at radius 3 is 2.36 bits per heavy atom. The Bertz CT molecular complexity index is 701. The van der Waals surface area contributed by atoms with Gasteiger partial charge in [-0.1, -0.05) is 12.1 Å². The lowest BCUT2D eigenvalue weighted by Gasteiger charge is -2.35. The van der Waals surface area contributed by atoms with E-state index in [1.807, 2.05) is 12.1 Å². The minimum atomic E-state index is -0.502. The molecular weight excluding hydrogens is 322 g/mol. The van der Waals surface area contributed by atoms with E-state index < -0.39 is 6.03 Å². The van der Waals surface area contributed by atoms with Crippen molar-refractivity contribution in [3.8, 4) is 6.07 Å². The van der Waals surface area contributed by atoms with Crippen LogP contribution >= 0.6 is 0 Å². The zero-order valence-electron chi connectivity index (χ0n) is 13.8. The summed E-state index contributed by atoms with van der Waals surface area (Å²) in [5.41, 5.74) is 1.76. The van der Waals surface area contributed by atoms with Gasteiger partial charge in [-0.3, -0.25) is 19.4 Å². The number of carbonyl (C=O) groups is 3. The molecule has 2 saturated heterocycles. The average molecular weight is 341 g/mol. The highest BCUT2D eigenvalue weighted by molar-refractivity contribution is 6.04. The van der Waals surface area contributed by atoms with Crippen LogP contribution in [0.15, 0.2) is 24.3 Å². The van der Waals surface area contributed by atoms with E-state index in [4.69, 9.17) is 5.26 Å². The molecular formula is C17H19N5O3. The number of nitriles is 1. The van der Waals surface area contributed by atoms with Gasteiger partial charge in [0.1, 0.15) is 6.54 Å². The summed E-state index contributed by atoms with van der Waals surface area (Å²) >= 11 is 0. The zero-order chi connectivity index (χ0) is 17.8. The summed E-state index contributed by atoms with van der Waals surface area (Å²) in [4.78, 5) is 40.2. The number of nitrogens with one attached hydrogen (secondary N) is 1. The van der Waals surface area contributed by atoms with Gasteiger partial charge in [0.05, 0.1) is 18.2 Å². The molecule has 1 aromatic carbocycles. The van der Waals surface area contributed by atoms with Crippen molar-refractivity contribution in [2.24, 2.45) is 0 Å². The summed E-state index contributed by atoms with van der Waals surface area (Å²) in [6, 6.07) is 9.07. The summed E-state index contributed by atoms with van der Waals surface area (Å²) in [5.74, 6) is -0.568. The Balaban J connectivity index is 1.48. The van der Waals surface area contributed by atoms with Crippen molar-refractivity contribution in [2.75, 3.05) is 39.3 Å². The number of hydrogen-bond donors (Lipinski definition) is 1. The summed E-state index contributed by atoms with van der Waals surface area (Å²) in [5, 5.41) is 11.2. The normalized spacial score (nSPS) is 18.2. The molecule has 0 aliphatic carbocycles. The van der Waals surface area contributed by atoms with Crippen LogP contribution in [0.1, 0.15) is 11.1 Å². The first kappa shape index (κ1) is 16.9. The average Bonchev–Trinajstić information content (AvgIpc) is 2.95. The predicted octanol–water partition coefficient (Wildman–Crippen LogP) is -0.246. The van der Waals surface area contributed by atoms with Crippen LogP contribution in [-0.4, -0.2) is 71.8 Å². The van der Waals surface area contributed by atoms with Crippen molar-refractivity contribution in [3.05, 3.63) is 35.4 Å². The van der Waals surface area contributed by atoms with Gasteiger partial charge in [0.15, 0.2) is 0 Å². The summed E-state index contributed by atoms with van der Waals surface area (Å²) in [7, 11) is 0. The second-order valence-corrected chi connectivity index (χ2v) is 6.10. The fourth-order valence-electron chi connectivity index (χ4n) is 2.95. The van der Waals surface area contributed by atoms with Gasteiger partial charge < -0.3 is 10.2 Å². The maximum atomic E-state index is 12.3. The lowest BCUT2D eigenvalue weighted by atomic mass is 10.1. The quantitative estimate of drug-likeness (QED) is 0.762. The van der Waals surface area contributed by atoms with Crippen LogP contribution in [0.3, 0.4) is 0 Å². The molecule has 130 valence electrons. The van der Waals surface area contributed by atoms with Crippen LogP contribution in [0.2, 0.25) is 0 Å². The maximum absolute atomic E-state index is 12.3. The highest BCUT2D eigenvalue weighted by Crippen LogP contribution is 2.11. The predicted molar refractivity (Wildman–Crippen MR) is 88.1 cm³/mol. The van der Waals surface area contributed by atoms with Crippen molar-refractivity contribution < 1.29 is 14.4 Å². The molecule has 3 rings (SSSR count). The first-order valence-electron chi connectivity index (χ1n) is 8.14. The van der Waals surface area contributed by atoms with E-state index in [2.05, 4.69) is 16.3 Å². The number of nitrogens with zero attached hydrogens (tertiary/aromatic N) is 4. The molecule has 8 nitrogen and oxygen atoms in total. The van der Waals surface area contributed by atoms with Gasteiger partial charge in [-0.05, 0) is 17.7 Å². The number of amides is 4. The topological polar surface area (TPSA) is 96.8 Å². The third-order valence-electron chi connectivity index (χ3n) is 4.44. The number of rotatable bonds is 4. The Labute approximate surface area is 145 Å². The Hall–Kier alpha value is -2.92. The highest BCUT2D eigenvalue weighted by Gasteiger charge is 2.32. The maximum Gasteiger partial charge on any atom is 0.325 e. The molecule has 4 amide bonds. The molecule has 2 heterocycles. The number of benzene rings is 1. The fourth-order valence-corrected chi connectivity index (χ4v) is 2.95. The zero-order valence-corrected chi connectivity index (χ0v) is 13.8. The van der Waals surface area contributed by atoms with Gasteiger partial charge in [0, 0.05) is 32.7 Å². The molecule has 0 spiro atoms. The third-order valence-corrected chi connectivity index (χ3v) is 4.44. The lowest BCUT2D eigenvalue weighted by Crippen LogP contribution is -2.51. The summed E-state index contributed by atoms with van der Waals surface area (Å²) < 4.78 is 0. The molecule has 2 aliphatic heterocycles. The molecule has 0 unspecified atom stereocenters. The number of imide groups is 1. The fraction of sp³-hybridized carbons (Fsp3) is 0.412. The van der Waals surface area contributed by atoms with E-state index in [1.54, 1.807) is 17.0 Å². The number of hydrogen-bond acceptors (Lipinski definition) is 5. The molecule has 0 atom stereocenters. The SMILES string of the molecule is N#Cc1ccc(CN2CCN(C(=O)CN3C(=O)CNC3=O)CC2)cc1. The van der Waals surface area contributed by atoms with Crippen molar-refractivity contribution in [2.45, 2.75) is 6.54 Å². The van der Waals surface area contributed by atoms with E-state index in [0.717, 1.165) is 30.1 Å². The summed E-state index contributed by atoms with van der Waals surface area (Å²) in [6.45, 7) is 3.13.